The van der Waals surface area contributed by atoms with Crippen LogP contribution in [0.2, 0.25) is 0 Å². The molecule has 2 heteroatoms. The van der Waals surface area contributed by atoms with E-state index in [1.54, 1.807) is 6.08 Å². The summed E-state index contributed by atoms with van der Waals surface area (Å²) in [4.78, 5) is 0. The first-order valence-corrected chi connectivity index (χ1v) is 7.50. The molecule has 0 spiro atoms. The topological polar surface area (TPSA) is 18.5 Å². The number of rotatable bonds is 7. The van der Waals surface area contributed by atoms with E-state index in [-0.39, 0.29) is 6.10 Å². The fourth-order valence-electron chi connectivity index (χ4n) is 2.81. The van der Waals surface area contributed by atoms with Crippen LogP contribution < -0.4 is 0 Å². The van der Waals surface area contributed by atoms with E-state index in [0.717, 1.165) is 17.9 Å². The molecule has 4 atom stereocenters. The molecule has 0 heterocycles. The van der Waals surface area contributed by atoms with Gasteiger partial charge in [-0.1, -0.05) is 46.4 Å². The summed E-state index contributed by atoms with van der Waals surface area (Å²) in [7, 11) is 0. The van der Waals surface area contributed by atoms with Crippen LogP contribution in [0.5, 0.6) is 0 Å². The Balaban J connectivity index is 2.40. The van der Waals surface area contributed by atoms with Gasteiger partial charge in [0.1, 0.15) is 6.79 Å². The minimum atomic E-state index is -0.0176. The molecule has 1 rings (SSSR count). The van der Waals surface area contributed by atoms with Crippen molar-refractivity contribution in [2.75, 3.05) is 6.79 Å². The lowest BCUT2D eigenvalue weighted by Gasteiger charge is -2.37. The summed E-state index contributed by atoms with van der Waals surface area (Å²) in [6.07, 6.45) is 5.82. The molecule has 1 fully saturated rings. The van der Waals surface area contributed by atoms with Crippen LogP contribution >= 0.6 is 0 Å². The van der Waals surface area contributed by atoms with Gasteiger partial charge in [-0.2, -0.15) is 0 Å². The summed E-state index contributed by atoms with van der Waals surface area (Å²) in [6.45, 7) is 16.8. The van der Waals surface area contributed by atoms with Gasteiger partial charge in [-0.05, 0) is 43.1 Å². The number of hydrogen-bond acceptors (Lipinski definition) is 2. The monoisotopic (exact) mass is 266 g/mol. The van der Waals surface area contributed by atoms with Crippen LogP contribution in [-0.2, 0) is 9.47 Å². The maximum absolute atomic E-state index is 5.99. The van der Waals surface area contributed by atoms with Crippen molar-refractivity contribution in [3.63, 3.8) is 0 Å². The second kappa shape index (κ2) is 7.86. The van der Waals surface area contributed by atoms with Crippen molar-refractivity contribution in [2.45, 2.75) is 59.2 Å². The number of hydrogen-bond donors (Lipinski definition) is 0. The largest absolute Gasteiger partial charge is 0.352 e. The maximum atomic E-state index is 5.99. The second-order valence-electron chi connectivity index (χ2n) is 6.24. The first-order valence-electron chi connectivity index (χ1n) is 7.50. The highest BCUT2D eigenvalue weighted by Crippen LogP contribution is 2.35. The molecule has 0 aromatic rings. The van der Waals surface area contributed by atoms with Gasteiger partial charge >= 0.3 is 0 Å². The molecule has 2 nitrogen and oxygen atoms in total. The Morgan fingerprint density at radius 1 is 1.32 bits per heavy atom. The van der Waals surface area contributed by atoms with E-state index in [4.69, 9.17) is 9.47 Å². The number of ether oxygens (including phenoxy) is 2. The van der Waals surface area contributed by atoms with E-state index in [0.29, 0.717) is 24.7 Å². The average Bonchev–Trinajstić information content (AvgIpc) is 2.37. The van der Waals surface area contributed by atoms with Crippen LogP contribution in [0.1, 0.15) is 47.0 Å². The molecule has 0 N–H and O–H groups in total. The fourth-order valence-corrected chi connectivity index (χ4v) is 2.81. The van der Waals surface area contributed by atoms with Crippen molar-refractivity contribution in [1.82, 2.24) is 0 Å². The summed E-state index contributed by atoms with van der Waals surface area (Å²) in [5.74, 6) is 2.11. The van der Waals surface area contributed by atoms with E-state index in [1.165, 1.54) is 12.8 Å². The van der Waals surface area contributed by atoms with E-state index in [9.17, 15) is 0 Å². The standard InChI is InChI=1S/C17H30O2/c1-7-14(5)15(6)18-11-19-17-10-13(4)8-9-16(17)12(2)3/h7,12-13,15-17H,1,5,8-11H2,2-4,6H3/t13-,15-,16-,17+/m0/s1. The molecule has 1 aliphatic rings. The third-order valence-electron chi connectivity index (χ3n) is 4.35. The molecule has 0 aromatic carbocycles. The van der Waals surface area contributed by atoms with Crippen molar-refractivity contribution in [3.05, 3.63) is 24.8 Å². The molecule has 0 aromatic heterocycles. The highest BCUT2D eigenvalue weighted by atomic mass is 16.7. The summed E-state index contributed by atoms with van der Waals surface area (Å²) in [5.41, 5.74) is 0.904. The Bertz CT molecular complexity index is 296. The van der Waals surface area contributed by atoms with Crippen molar-refractivity contribution < 1.29 is 9.47 Å². The van der Waals surface area contributed by atoms with Crippen molar-refractivity contribution >= 4 is 0 Å². The predicted molar refractivity (Wildman–Crippen MR) is 81.0 cm³/mol. The lowest BCUT2D eigenvalue weighted by atomic mass is 9.75. The Labute approximate surface area is 118 Å². The highest BCUT2D eigenvalue weighted by molar-refractivity contribution is 5.15. The van der Waals surface area contributed by atoms with Crippen LogP contribution in [-0.4, -0.2) is 19.0 Å². The molecular weight excluding hydrogens is 236 g/mol. The highest BCUT2D eigenvalue weighted by Gasteiger charge is 2.31. The van der Waals surface area contributed by atoms with Crippen LogP contribution in [0, 0.1) is 17.8 Å². The van der Waals surface area contributed by atoms with E-state index < -0.39 is 0 Å². The smallest absolute Gasteiger partial charge is 0.147 e. The maximum Gasteiger partial charge on any atom is 0.147 e. The minimum Gasteiger partial charge on any atom is -0.352 e. The zero-order chi connectivity index (χ0) is 14.4. The van der Waals surface area contributed by atoms with Gasteiger partial charge in [-0.25, -0.2) is 0 Å². The lowest BCUT2D eigenvalue weighted by molar-refractivity contribution is -0.138. The molecule has 0 radical (unpaired) electrons. The van der Waals surface area contributed by atoms with E-state index in [2.05, 4.69) is 33.9 Å². The predicted octanol–water partition coefficient (Wildman–Crippen LogP) is 4.57. The lowest BCUT2D eigenvalue weighted by Crippen LogP contribution is -2.35. The van der Waals surface area contributed by atoms with Gasteiger partial charge in [0.25, 0.3) is 0 Å². The van der Waals surface area contributed by atoms with Crippen LogP contribution in [0.25, 0.3) is 0 Å². The molecule has 0 aliphatic heterocycles. The molecule has 1 saturated carbocycles. The van der Waals surface area contributed by atoms with Crippen molar-refractivity contribution in [1.29, 1.82) is 0 Å². The van der Waals surface area contributed by atoms with Gasteiger partial charge in [-0.15, -0.1) is 0 Å². The molecule has 1 aliphatic carbocycles. The molecule has 0 bridgehead atoms. The zero-order valence-electron chi connectivity index (χ0n) is 13.0. The van der Waals surface area contributed by atoms with E-state index >= 15 is 0 Å². The minimum absolute atomic E-state index is 0.0176. The summed E-state index contributed by atoms with van der Waals surface area (Å²) in [6, 6.07) is 0. The molecule has 0 unspecified atom stereocenters. The Morgan fingerprint density at radius 3 is 2.58 bits per heavy atom. The molecule has 0 amide bonds. The van der Waals surface area contributed by atoms with Gasteiger partial charge in [0, 0.05) is 0 Å². The first-order chi connectivity index (χ1) is 8.95. The summed E-state index contributed by atoms with van der Waals surface area (Å²) >= 11 is 0. The summed E-state index contributed by atoms with van der Waals surface area (Å²) < 4.78 is 11.7. The SMILES string of the molecule is C=CC(=C)[C@H](C)OCO[C@@H]1C[C@@H](C)CC[C@H]1C(C)C. The normalized spacial score (nSPS) is 29.2. The summed E-state index contributed by atoms with van der Waals surface area (Å²) in [5, 5.41) is 0. The molecule has 0 saturated heterocycles. The van der Waals surface area contributed by atoms with Gasteiger partial charge in [0.2, 0.25) is 0 Å². The Morgan fingerprint density at radius 2 is 2.00 bits per heavy atom. The van der Waals surface area contributed by atoms with Gasteiger partial charge in [-0.3, -0.25) is 0 Å². The fraction of sp³-hybridized carbons (Fsp3) is 0.765. The third kappa shape index (κ3) is 5.12. The first kappa shape index (κ1) is 16.5. The van der Waals surface area contributed by atoms with Crippen LogP contribution in [0.3, 0.4) is 0 Å². The molecule has 110 valence electrons. The van der Waals surface area contributed by atoms with Gasteiger partial charge in [0.05, 0.1) is 12.2 Å². The van der Waals surface area contributed by atoms with E-state index in [1.807, 2.05) is 6.92 Å². The molecular formula is C17H30O2. The van der Waals surface area contributed by atoms with Gasteiger partial charge < -0.3 is 9.47 Å². The second-order valence-corrected chi connectivity index (χ2v) is 6.24. The Hall–Kier alpha value is -0.600. The van der Waals surface area contributed by atoms with Crippen molar-refractivity contribution in [2.24, 2.45) is 17.8 Å². The zero-order valence-corrected chi connectivity index (χ0v) is 13.0. The quantitative estimate of drug-likeness (QED) is 0.496. The van der Waals surface area contributed by atoms with Crippen molar-refractivity contribution in [3.8, 4) is 0 Å². The van der Waals surface area contributed by atoms with Gasteiger partial charge in [0.15, 0.2) is 0 Å². The van der Waals surface area contributed by atoms with Crippen LogP contribution in [0.15, 0.2) is 24.8 Å². The van der Waals surface area contributed by atoms with Crippen LogP contribution in [0.4, 0.5) is 0 Å². The molecule has 19 heavy (non-hydrogen) atoms. The Kier molecular flexibility index (Phi) is 6.81. The average molecular weight is 266 g/mol. The third-order valence-corrected chi connectivity index (χ3v) is 4.35.